The third-order valence-electron chi connectivity index (χ3n) is 4.20. The molecule has 114 valence electrons. The average Bonchev–Trinajstić information content (AvgIpc) is 2.54. The first-order chi connectivity index (χ1) is 10.7. The zero-order valence-electron chi connectivity index (χ0n) is 12.9. The van der Waals surface area contributed by atoms with E-state index in [9.17, 15) is 4.79 Å². The van der Waals surface area contributed by atoms with Gasteiger partial charge in [0.25, 0.3) is 0 Å². The summed E-state index contributed by atoms with van der Waals surface area (Å²) in [5, 5.41) is 6.52. The lowest BCUT2D eigenvalue weighted by Gasteiger charge is -2.31. The number of benzene rings is 2. The van der Waals surface area contributed by atoms with Crippen molar-refractivity contribution in [2.75, 3.05) is 5.32 Å². The third kappa shape index (κ3) is 3.48. The molecule has 0 unspecified atom stereocenters. The SMILES string of the molecule is C[C@H]1C[C@H](CC(=O)NCc2ccccc2)c2ccccc2N1. The van der Waals surface area contributed by atoms with Gasteiger partial charge in [-0.3, -0.25) is 4.79 Å². The van der Waals surface area contributed by atoms with Crippen LogP contribution in [0.4, 0.5) is 5.69 Å². The van der Waals surface area contributed by atoms with Crippen molar-refractivity contribution in [3.63, 3.8) is 0 Å². The topological polar surface area (TPSA) is 41.1 Å². The van der Waals surface area contributed by atoms with Gasteiger partial charge in [0.05, 0.1) is 0 Å². The summed E-state index contributed by atoms with van der Waals surface area (Å²) in [6, 6.07) is 18.7. The van der Waals surface area contributed by atoms with Crippen LogP contribution in [0.15, 0.2) is 54.6 Å². The zero-order valence-corrected chi connectivity index (χ0v) is 12.9. The first-order valence-electron chi connectivity index (χ1n) is 7.88. The molecule has 22 heavy (non-hydrogen) atoms. The van der Waals surface area contributed by atoms with Crippen LogP contribution in [-0.4, -0.2) is 11.9 Å². The summed E-state index contributed by atoms with van der Waals surface area (Å²) in [5.41, 5.74) is 3.56. The predicted molar refractivity (Wildman–Crippen MR) is 89.8 cm³/mol. The average molecular weight is 294 g/mol. The molecule has 2 N–H and O–H groups in total. The highest BCUT2D eigenvalue weighted by atomic mass is 16.1. The Kier molecular flexibility index (Phi) is 4.42. The maximum Gasteiger partial charge on any atom is 0.220 e. The molecule has 1 amide bonds. The molecule has 0 spiro atoms. The van der Waals surface area contributed by atoms with E-state index in [0.29, 0.717) is 24.9 Å². The maximum atomic E-state index is 12.3. The van der Waals surface area contributed by atoms with E-state index >= 15 is 0 Å². The minimum Gasteiger partial charge on any atom is -0.382 e. The van der Waals surface area contributed by atoms with Crippen LogP contribution in [0.2, 0.25) is 0 Å². The number of hydrogen-bond acceptors (Lipinski definition) is 2. The van der Waals surface area contributed by atoms with Gasteiger partial charge in [0.2, 0.25) is 5.91 Å². The third-order valence-corrected chi connectivity index (χ3v) is 4.20. The van der Waals surface area contributed by atoms with Crippen LogP contribution in [0.25, 0.3) is 0 Å². The first kappa shape index (κ1) is 14.6. The van der Waals surface area contributed by atoms with E-state index in [1.54, 1.807) is 0 Å². The lowest BCUT2D eigenvalue weighted by molar-refractivity contribution is -0.121. The Hall–Kier alpha value is -2.29. The fourth-order valence-electron chi connectivity index (χ4n) is 3.15. The van der Waals surface area contributed by atoms with Crippen molar-refractivity contribution < 1.29 is 4.79 Å². The first-order valence-corrected chi connectivity index (χ1v) is 7.88. The van der Waals surface area contributed by atoms with Crippen LogP contribution in [-0.2, 0) is 11.3 Å². The Morgan fingerprint density at radius 2 is 1.86 bits per heavy atom. The molecule has 3 nitrogen and oxygen atoms in total. The van der Waals surface area contributed by atoms with E-state index in [0.717, 1.165) is 12.0 Å². The van der Waals surface area contributed by atoms with Crippen LogP contribution in [0.5, 0.6) is 0 Å². The number of carbonyl (C=O) groups is 1. The molecule has 0 saturated heterocycles. The van der Waals surface area contributed by atoms with Gasteiger partial charge in [-0.2, -0.15) is 0 Å². The summed E-state index contributed by atoms with van der Waals surface area (Å²) < 4.78 is 0. The number of anilines is 1. The number of para-hydroxylation sites is 1. The van der Waals surface area contributed by atoms with Crippen molar-refractivity contribution in [1.82, 2.24) is 5.32 Å². The van der Waals surface area contributed by atoms with E-state index in [1.165, 1.54) is 11.3 Å². The normalized spacial score (nSPS) is 19.9. The molecule has 1 aliphatic rings. The van der Waals surface area contributed by atoms with E-state index in [2.05, 4.69) is 29.7 Å². The van der Waals surface area contributed by atoms with Gasteiger partial charge in [0.1, 0.15) is 0 Å². The minimum atomic E-state index is 0.123. The van der Waals surface area contributed by atoms with Crippen molar-refractivity contribution in [3.8, 4) is 0 Å². The molecule has 0 aliphatic carbocycles. The summed E-state index contributed by atoms with van der Waals surface area (Å²) in [5.74, 6) is 0.418. The monoisotopic (exact) mass is 294 g/mol. The summed E-state index contributed by atoms with van der Waals surface area (Å²) in [6.07, 6.45) is 1.55. The van der Waals surface area contributed by atoms with Crippen LogP contribution in [0, 0.1) is 0 Å². The molecule has 1 aliphatic heterocycles. The highest BCUT2D eigenvalue weighted by Gasteiger charge is 2.25. The van der Waals surface area contributed by atoms with Gasteiger partial charge in [-0.15, -0.1) is 0 Å². The van der Waals surface area contributed by atoms with Crippen molar-refractivity contribution in [2.45, 2.75) is 38.3 Å². The summed E-state index contributed by atoms with van der Waals surface area (Å²) in [7, 11) is 0. The largest absolute Gasteiger partial charge is 0.382 e. The fraction of sp³-hybridized carbons (Fsp3) is 0.316. The summed E-state index contributed by atoms with van der Waals surface area (Å²) in [4.78, 5) is 12.3. The number of hydrogen-bond donors (Lipinski definition) is 2. The minimum absolute atomic E-state index is 0.123. The standard InChI is InChI=1S/C19H22N2O/c1-14-11-16(17-9-5-6-10-18(17)21-14)12-19(22)20-13-15-7-3-2-4-8-15/h2-10,14,16,21H,11-13H2,1H3,(H,20,22)/t14-,16+/m0/s1. The molecule has 1 heterocycles. The second-order valence-corrected chi connectivity index (χ2v) is 6.03. The highest BCUT2D eigenvalue weighted by molar-refractivity contribution is 5.77. The van der Waals surface area contributed by atoms with Gasteiger partial charge in [0, 0.05) is 24.7 Å². The van der Waals surface area contributed by atoms with E-state index in [1.807, 2.05) is 42.5 Å². The Labute approximate surface area is 131 Å². The van der Waals surface area contributed by atoms with Gasteiger partial charge >= 0.3 is 0 Å². The van der Waals surface area contributed by atoms with Crippen molar-refractivity contribution >= 4 is 11.6 Å². The van der Waals surface area contributed by atoms with Crippen LogP contribution >= 0.6 is 0 Å². The number of rotatable bonds is 4. The van der Waals surface area contributed by atoms with E-state index < -0.39 is 0 Å². The van der Waals surface area contributed by atoms with Crippen LogP contribution in [0.1, 0.15) is 36.8 Å². The van der Waals surface area contributed by atoms with Gasteiger partial charge in [-0.05, 0) is 36.5 Å². The molecule has 0 radical (unpaired) electrons. The van der Waals surface area contributed by atoms with Crippen molar-refractivity contribution in [1.29, 1.82) is 0 Å². The Balaban J connectivity index is 1.62. The van der Waals surface area contributed by atoms with Crippen LogP contribution in [0.3, 0.4) is 0 Å². The molecule has 0 bridgehead atoms. The zero-order chi connectivity index (χ0) is 15.4. The Bertz CT molecular complexity index is 639. The molecule has 2 atom stereocenters. The van der Waals surface area contributed by atoms with Crippen molar-refractivity contribution in [2.24, 2.45) is 0 Å². The molecular weight excluding hydrogens is 272 g/mol. The predicted octanol–water partition coefficient (Wildman–Crippen LogP) is 3.68. The number of nitrogens with one attached hydrogen (secondary N) is 2. The summed E-state index contributed by atoms with van der Waals surface area (Å²) in [6.45, 7) is 2.77. The molecule has 2 aromatic rings. The molecule has 0 saturated carbocycles. The molecular formula is C19H22N2O. The molecule has 3 rings (SSSR count). The van der Waals surface area contributed by atoms with Gasteiger partial charge in [0.15, 0.2) is 0 Å². The van der Waals surface area contributed by atoms with Crippen molar-refractivity contribution in [3.05, 3.63) is 65.7 Å². The van der Waals surface area contributed by atoms with Crippen LogP contribution < -0.4 is 10.6 Å². The Morgan fingerprint density at radius 1 is 1.14 bits per heavy atom. The molecule has 2 aromatic carbocycles. The maximum absolute atomic E-state index is 12.3. The lowest BCUT2D eigenvalue weighted by Crippen LogP contribution is -2.30. The second-order valence-electron chi connectivity index (χ2n) is 6.03. The quantitative estimate of drug-likeness (QED) is 0.903. The molecule has 0 fully saturated rings. The smallest absolute Gasteiger partial charge is 0.220 e. The number of carbonyl (C=O) groups excluding carboxylic acids is 1. The summed E-state index contributed by atoms with van der Waals surface area (Å²) >= 11 is 0. The fourth-order valence-corrected chi connectivity index (χ4v) is 3.15. The molecule has 3 heteroatoms. The molecule has 0 aromatic heterocycles. The van der Waals surface area contributed by atoms with E-state index in [4.69, 9.17) is 0 Å². The lowest BCUT2D eigenvalue weighted by atomic mass is 9.85. The highest BCUT2D eigenvalue weighted by Crippen LogP contribution is 2.35. The second kappa shape index (κ2) is 6.65. The van der Waals surface area contributed by atoms with Gasteiger partial charge in [-0.25, -0.2) is 0 Å². The van der Waals surface area contributed by atoms with Gasteiger partial charge < -0.3 is 10.6 Å². The Morgan fingerprint density at radius 3 is 2.68 bits per heavy atom. The van der Waals surface area contributed by atoms with E-state index in [-0.39, 0.29) is 5.91 Å². The number of fused-ring (bicyclic) bond motifs is 1. The number of amides is 1. The van der Waals surface area contributed by atoms with Gasteiger partial charge in [-0.1, -0.05) is 48.5 Å².